The minimum atomic E-state index is -0.493. The Kier molecular flexibility index (Phi) is 10.6. The van der Waals surface area contributed by atoms with E-state index in [0.29, 0.717) is 26.4 Å². The summed E-state index contributed by atoms with van der Waals surface area (Å²) in [7, 11) is 0. The first kappa shape index (κ1) is 28.4. The lowest BCUT2D eigenvalue weighted by Gasteiger charge is -2.38. The number of likely N-dealkylation sites (N-methyl/N-ethyl adjacent to an activating group) is 1. The molecule has 190 valence electrons. The topological polar surface area (TPSA) is 38.7 Å². The van der Waals surface area contributed by atoms with Gasteiger partial charge in [-0.1, -0.05) is 77.1 Å². The van der Waals surface area contributed by atoms with Crippen molar-refractivity contribution in [3.8, 4) is 5.75 Å². The zero-order valence-corrected chi connectivity index (χ0v) is 22.6. The standard InChI is InChI=1S/C30H48NO3/c1-8-31(9-2,21-25-13-11-10-12-14-25)22-27(32)23-33-19-20-34-28-17-15-26(16-18-28)30(6,7)24-29(3,4)5/h10-18,27,32H,8-9,19-24H2,1-7H3/q+1/t27-/m0/s1. The lowest BCUT2D eigenvalue weighted by molar-refractivity contribution is -0.940. The van der Waals surface area contributed by atoms with Crippen LogP contribution in [0.1, 0.15) is 66.0 Å². The molecule has 34 heavy (non-hydrogen) atoms. The number of ether oxygens (including phenoxy) is 2. The normalized spacial score (nSPS) is 13.6. The molecule has 0 fully saturated rings. The Morgan fingerprint density at radius 3 is 2.03 bits per heavy atom. The smallest absolute Gasteiger partial charge is 0.126 e. The van der Waals surface area contributed by atoms with Crippen LogP contribution >= 0.6 is 0 Å². The Hall–Kier alpha value is -1.88. The van der Waals surface area contributed by atoms with Gasteiger partial charge in [0.2, 0.25) is 0 Å². The number of hydrogen-bond acceptors (Lipinski definition) is 3. The number of aliphatic hydroxyl groups is 1. The molecule has 1 N–H and O–H groups in total. The first-order chi connectivity index (χ1) is 16.0. The van der Waals surface area contributed by atoms with E-state index in [9.17, 15) is 5.11 Å². The monoisotopic (exact) mass is 470 g/mol. The SMILES string of the molecule is CC[N+](CC)(Cc1ccccc1)C[C@H](O)COCCOc1ccc(C(C)(C)CC(C)(C)C)cc1. The van der Waals surface area contributed by atoms with Gasteiger partial charge in [0.05, 0.1) is 26.3 Å². The summed E-state index contributed by atoms with van der Waals surface area (Å²) in [6.45, 7) is 20.7. The molecule has 0 bridgehead atoms. The van der Waals surface area contributed by atoms with E-state index in [2.05, 4.69) is 84.9 Å². The minimum absolute atomic E-state index is 0.126. The predicted molar refractivity (Wildman–Crippen MR) is 142 cm³/mol. The zero-order chi connectivity index (χ0) is 25.2. The summed E-state index contributed by atoms with van der Waals surface area (Å²) in [6, 6.07) is 19.0. The summed E-state index contributed by atoms with van der Waals surface area (Å²) in [4.78, 5) is 0. The average Bonchev–Trinajstić information content (AvgIpc) is 2.78. The summed E-state index contributed by atoms with van der Waals surface area (Å²) in [5.41, 5.74) is 3.05. The highest BCUT2D eigenvalue weighted by Crippen LogP contribution is 2.36. The van der Waals surface area contributed by atoms with Gasteiger partial charge in [-0.25, -0.2) is 0 Å². The van der Waals surface area contributed by atoms with Gasteiger partial charge in [-0.05, 0) is 48.8 Å². The second-order valence-electron chi connectivity index (χ2n) is 11.5. The molecule has 2 aromatic rings. The van der Waals surface area contributed by atoms with Gasteiger partial charge in [-0.3, -0.25) is 0 Å². The highest BCUT2D eigenvalue weighted by atomic mass is 16.5. The molecule has 0 radical (unpaired) electrons. The number of rotatable bonds is 14. The Balaban J connectivity index is 1.75. The van der Waals surface area contributed by atoms with Crippen LogP contribution in [0.3, 0.4) is 0 Å². The van der Waals surface area contributed by atoms with Crippen LogP contribution in [0.4, 0.5) is 0 Å². The van der Waals surface area contributed by atoms with Crippen molar-refractivity contribution in [3.05, 3.63) is 65.7 Å². The van der Waals surface area contributed by atoms with Crippen LogP contribution in [-0.4, -0.2) is 55.1 Å². The van der Waals surface area contributed by atoms with Crippen LogP contribution in [0, 0.1) is 5.41 Å². The third-order valence-corrected chi connectivity index (χ3v) is 6.72. The van der Waals surface area contributed by atoms with E-state index < -0.39 is 6.10 Å². The zero-order valence-electron chi connectivity index (χ0n) is 22.6. The van der Waals surface area contributed by atoms with Crippen molar-refractivity contribution in [2.24, 2.45) is 5.41 Å². The molecule has 2 rings (SSSR count). The van der Waals surface area contributed by atoms with Gasteiger partial charge >= 0.3 is 0 Å². The van der Waals surface area contributed by atoms with Gasteiger partial charge in [0, 0.05) is 5.56 Å². The van der Waals surface area contributed by atoms with Gasteiger partial charge in [-0.15, -0.1) is 0 Å². The molecule has 0 amide bonds. The van der Waals surface area contributed by atoms with E-state index in [1.54, 1.807) is 0 Å². The van der Waals surface area contributed by atoms with Crippen molar-refractivity contribution in [3.63, 3.8) is 0 Å². The molecule has 0 aliphatic rings. The maximum absolute atomic E-state index is 10.6. The number of hydrogen-bond donors (Lipinski definition) is 1. The van der Waals surface area contributed by atoms with Crippen molar-refractivity contribution in [2.75, 3.05) is 39.5 Å². The Labute approximate surface area is 208 Å². The molecule has 0 unspecified atom stereocenters. The molecular weight excluding hydrogens is 422 g/mol. The van der Waals surface area contributed by atoms with E-state index in [1.807, 2.05) is 18.2 Å². The number of nitrogens with zero attached hydrogens (tertiary/aromatic N) is 1. The highest BCUT2D eigenvalue weighted by Gasteiger charge is 2.28. The Morgan fingerprint density at radius 1 is 0.853 bits per heavy atom. The van der Waals surface area contributed by atoms with E-state index in [1.165, 1.54) is 11.1 Å². The summed E-state index contributed by atoms with van der Waals surface area (Å²) in [5.74, 6) is 0.856. The van der Waals surface area contributed by atoms with Crippen LogP contribution in [-0.2, 0) is 16.7 Å². The molecule has 4 nitrogen and oxygen atoms in total. The molecule has 0 spiro atoms. The summed E-state index contributed by atoms with van der Waals surface area (Å²) >= 11 is 0. The summed E-state index contributed by atoms with van der Waals surface area (Å²) in [5, 5.41) is 10.6. The molecule has 0 aromatic heterocycles. The van der Waals surface area contributed by atoms with Crippen molar-refractivity contribution in [1.29, 1.82) is 0 Å². The van der Waals surface area contributed by atoms with Crippen LogP contribution in [0.2, 0.25) is 0 Å². The second kappa shape index (κ2) is 12.7. The molecule has 0 aliphatic heterocycles. The second-order valence-corrected chi connectivity index (χ2v) is 11.5. The Bertz CT molecular complexity index is 820. The molecule has 4 heteroatoms. The van der Waals surface area contributed by atoms with Gasteiger partial charge in [-0.2, -0.15) is 0 Å². The van der Waals surface area contributed by atoms with E-state index in [0.717, 1.165) is 36.3 Å². The predicted octanol–water partition coefficient (Wildman–Crippen LogP) is 6.21. The molecule has 1 atom stereocenters. The minimum Gasteiger partial charge on any atom is -0.491 e. The maximum atomic E-state index is 10.6. The fourth-order valence-electron chi connectivity index (χ4n) is 5.11. The van der Waals surface area contributed by atoms with Gasteiger partial charge in [0.25, 0.3) is 0 Å². The fraction of sp³-hybridized carbons (Fsp3) is 0.600. The van der Waals surface area contributed by atoms with Crippen molar-refractivity contribution >= 4 is 0 Å². The molecular formula is C30H48NO3+. The van der Waals surface area contributed by atoms with Crippen LogP contribution < -0.4 is 4.74 Å². The summed E-state index contributed by atoms with van der Waals surface area (Å²) in [6.07, 6.45) is 0.630. The quantitative estimate of drug-likeness (QED) is 0.263. The third-order valence-electron chi connectivity index (χ3n) is 6.72. The molecule has 2 aromatic carbocycles. The molecule has 0 saturated carbocycles. The first-order valence-corrected chi connectivity index (χ1v) is 12.9. The number of benzene rings is 2. The number of quaternary nitrogens is 1. The summed E-state index contributed by atoms with van der Waals surface area (Å²) < 4.78 is 12.5. The molecule has 0 aliphatic carbocycles. The fourth-order valence-corrected chi connectivity index (χ4v) is 5.11. The highest BCUT2D eigenvalue weighted by molar-refractivity contribution is 5.31. The van der Waals surface area contributed by atoms with Gasteiger partial charge < -0.3 is 19.1 Å². The van der Waals surface area contributed by atoms with Crippen LogP contribution in [0.15, 0.2) is 54.6 Å². The third kappa shape index (κ3) is 9.40. The van der Waals surface area contributed by atoms with Crippen LogP contribution in [0.5, 0.6) is 5.75 Å². The van der Waals surface area contributed by atoms with E-state index >= 15 is 0 Å². The van der Waals surface area contributed by atoms with Gasteiger partial charge in [0.15, 0.2) is 0 Å². The van der Waals surface area contributed by atoms with Crippen LogP contribution in [0.25, 0.3) is 0 Å². The lowest BCUT2D eigenvalue weighted by Crippen LogP contribution is -2.52. The first-order valence-electron chi connectivity index (χ1n) is 12.9. The lowest BCUT2D eigenvalue weighted by atomic mass is 9.72. The maximum Gasteiger partial charge on any atom is 0.126 e. The Morgan fingerprint density at radius 2 is 1.47 bits per heavy atom. The average molecular weight is 471 g/mol. The van der Waals surface area contributed by atoms with Crippen molar-refractivity contribution in [2.45, 2.75) is 73.0 Å². The van der Waals surface area contributed by atoms with Crippen molar-refractivity contribution in [1.82, 2.24) is 0 Å². The van der Waals surface area contributed by atoms with E-state index in [-0.39, 0.29) is 10.8 Å². The number of aliphatic hydroxyl groups excluding tert-OH is 1. The van der Waals surface area contributed by atoms with E-state index in [4.69, 9.17) is 9.47 Å². The molecule has 0 saturated heterocycles. The van der Waals surface area contributed by atoms with Gasteiger partial charge in [0.1, 0.15) is 31.5 Å². The molecule has 0 heterocycles. The largest absolute Gasteiger partial charge is 0.491 e. The van der Waals surface area contributed by atoms with Crippen molar-refractivity contribution < 1.29 is 19.1 Å².